The maximum absolute atomic E-state index is 12.5. The van der Waals surface area contributed by atoms with E-state index in [1.165, 1.54) is 11.3 Å². The van der Waals surface area contributed by atoms with Crippen LogP contribution in [0.3, 0.4) is 0 Å². The number of benzene rings is 1. The summed E-state index contributed by atoms with van der Waals surface area (Å²) in [4.78, 5) is 23.8. The van der Waals surface area contributed by atoms with Gasteiger partial charge in [0.05, 0.1) is 17.9 Å². The van der Waals surface area contributed by atoms with E-state index < -0.39 is 17.9 Å². The van der Waals surface area contributed by atoms with E-state index in [4.69, 9.17) is 0 Å². The van der Waals surface area contributed by atoms with Crippen LogP contribution >= 0.6 is 11.3 Å². The first-order chi connectivity index (χ1) is 10.5. The molecule has 0 aliphatic rings. The van der Waals surface area contributed by atoms with Gasteiger partial charge in [0.1, 0.15) is 0 Å². The molecule has 1 amide bonds. The van der Waals surface area contributed by atoms with Gasteiger partial charge in [-0.2, -0.15) is 11.3 Å². The summed E-state index contributed by atoms with van der Waals surface area (Å²) in [6, 6.07) is 10.6. The second kappa shape index (κ2) is 7.22. The summed E-state index contributed by atoms with van der Waals surface area (Å²) in [5.41, 5.74) is 1.74. The van der Waals surface area contributed by atoms with Crippen LogP contribution in [0, 0.1) is 5.92 Å². The molecule has 5 heteroatoms. The molecule has 0 fully saturated rings. The fourth-order valence-electron chi connectivity index (χ4n) is 2.25. The lowest BCUT2D eigenvalue weighted by Crippen LogP contribution is -2.37. The minimum absolute atomic E-state index is 0.166. The number of carbonyl (C=O) groups is 2. The van der Waals surface area contributed by atoms with Crippen LogP contribution in [0.5, 0.6) is 0 Å². The van der Waals surface area contributed by atoms with Crippen LogP contribution in [0.2, 0.25) is 0 Å². The lowest BCUT2D eigenvalue weighted by molar-refractivity contribution is -0.142. The van der Waals surface area contributed by atoms with Crippen LogP contribution in [-0.4, -0.2) is 17.0 Å². The van der Waals surface area contributed by atoms with Gasteiger partial charge in [-0.3, -0.25) is 9.59 Å². The highest BCUT2D eigenvalue weighted by molar-refractivity contribution is 7.08. The van der Waals surface area contributed by atoms with Crippen molar-refractivity contribution in [3.63, 3.8) is 0 Å². The van der Waals surface area contributed by atoms with E-state index in [0.717, 1.165) is 11.1 Å². The van der Waals surface area contributed by atoms with E-state index in [2.05, 4.69) is 5.32 Å². The molecule has 0 saturated carbocycles. The van der Waals surface area contributed by atoms with Crippen LogP contribution in [0.1, 0.15) is 36.9 Å². The molecule has 0 saturated heterocycles. The minimum Gasteiger partial charge on any atom is -0.481 e. The fraction of sp³-hybridized carbons (Fsp3) is 0.294. The van der Waals surface area contributed by atoms with Gasteiger partial charge in [-0.25, -0.2) is 0 Å². The molecule has 22 heavy (non-hydrogen) atoms. The zero-order valence-corrected chi connectivity index (χ0v) is 13.3. The quantitative estimate of drug-likeness (QED) is 0.858. The molecule has 2 aromatic rings. The van der Waals surface area contributed by atoms with Crippen LogP contribution in [0.4, 0.5) is 0 Å². The Morgan fingerprint density at radius 2 is 1.77 bits per heavy atom. The molecule has 0 radical (unpaired) electrons. The molecule has 116 valence electrons. The molecule has 4 nitrogen and oxygen atoms in total. The molecule has 1 heterocycles. The summed E-state index contributed by atoms with van der Waals surface area (Å²) in [6.07, 6.45) is 0. The summed E-state index contributed by atoms with van der Waals surface area (Å²) >= 11 is 1.54. The fourth-order valence-corrected chi connectivity index (χ4v) is 3.01. The van der Waals surface area contributed by atoms with E-state index >= 15 is 0 Å². The van der Waals surface area contributed by atoms with Gasteiger partial charge in [0.25, 0.3) is 0 Å². The van der Waals surface area contributed by atoms with Crippen molar-refractivity contribution in [2.75, 3.05) is 0 Å². The van der Waals surface area contributed by atoms with E-state index in [1.54, 1.807) is 6.92 Å². The molecule has 2 rings (SSSR count). The van der Waals surface area contributed by atoms with E-state index in [9.17, 15) is 14.7 Å². The molecule has 1 aromatic carbocycles. The van der Waals surface area contributed by atoms with E-state index in [-0.39, 0.29) is 11.8 Å². The third-order valence-corrected chi connectivity index (χ3v) is 4.48. The third kappa shape index (κ3) is 3.74. The number of amides is 1. The minimum atomic E-state index is -0.933. The Balaban J connectivity index is 2.19. The Kier molecular flexibility index (Phi) is 5.33. The summed E-state index contributed by atoms with van der Waals surface area (Å²) in [5.74, 6) is -2.11. The van der Waals surface area contributed by atoms with Gasteiger partial charge in [0, 0.05) is 0 Å². The number of aliphatic carboxylic acids is 1. The number of carbonyl (C=O) groups excluding carboxylic acids is 1. The molecule has 3 atom stereocenters. The average molecular weight is 317 g/mol. The molecule has 0 aliphatic heterocycles. The number of carboxylic acids is 1. The Bertz CT molecular complexity index is 625. The molecular weight excluding hydrogens is 298 g/mol. The zero-order chi connectivity index (χ0) is 16.1. The lowest BCUT2D eigenvalue weighted by Gasteiger charge is -2.24. The van der Waals surface area contributed by atoms with Crippen molar-refractivity contribution < 1.29 is 14.7 Å². The second-order valence-electron chi connectivity index (χ2n) is 5.30. The average Bonchev–Trinajstić information content (AvgIpc) is 3.06. The van der Waals surface area contributed by atoms with Gasteiger partial charge in [0.15, 0.2) is 0 Å². The predicted octanol–water partition coefficient (Wildman–Crippen LogP) is 3.43. The first-order valence-electron chi connectivity index (χ1n) is 7.11. The standard InChI is InChI=1S/C17H19NO3S/c1-11(14-8-9-22-10-14)16(19)18-15(12(2)17(20)21)13-6-4-3-5-7-13/h3-12,15H,1-2H3,(H,18,19)(H,20,21). The Hall–Kier alpha value is -2.14. The van der Waals surface area contributed by atoms with Gasteiger partial charge in [-0.05, 0) is 41.8 Å². The van der Waals surface area contributed by atoms with Crippen molar-refractivity contribution in [2.24, 2.45) is 5.92 Å². The lowest BCUT2D eigenvalue weighted by atomic mass is 9.93. The number of thiophene rings is 1. The van der Waals surface area contributed by atoms with Crippen molar-refractivity contribution >= 4 is 23.2 Å². The van der Waals surface area contributed by atoms with Crippen molar-refractivity contribution in [1.29, 1.82) is 0 Å². The highest BCUT2D eigenvalue weighted by Gasteiger charge is 2.28. The summed E-state index contributed by atoms with van der Waals surface area (Å²) < 4.78 is 0. The number of hydrogen-bond acceptors (Lipinski definition) is 3. The predicted molar refractivity (Wildman–Crippen MR) is 86.9 cm³/mol. The van der Waals surface area contributed by atoms with Crippen LogP contribution in [0.25, 0.3) is 0 Å². The molecular formula is C17H19NO3S. The highest BCUT2D eigenvalue weighted by atomic mass is 32.1. The van der Waals surface area contributed by atoms with Crippen molar-refractivity contribution in [2.45, 2.75) is 25.8 Å². The topological polar surface area (TPSA) is 66.4 Å². The maximum atomic E-state index is 12.5. The molecule has 0 aliphatic carbocycles. The number of rotatable bonds is 6. The SMILES string of the molecule is CC(C(=O)NC(c1ccccc1)C(C)C(=O)O)c1ccsc1. The van der Waals surface area contributed by atoms with Crippen LogP contribution in [-0.2, 0) is 9.59 Å². The highest BCUT2D eigenvalue weighted by Crippen LogP contribution is 2.25. The van der Waals surface area contributed by atoms with Gasteiger partial charge in [0.2, 0.25) is 5.91 Å². The Morgan fingerprint density at radius 1 is 1.09 bits per heavy atom. The van der Waals surface area contributed by atoms with E-state index in [0.29, 0.717) is 0 Å². The monoisotopic (exact) mass is 317 g/mol. The normalized spacial score (nSPS) is 14.8. The number of hydrogen-bond donors (Lipinski definition) is 2. The van der Waals surface area contributed by atoms with Gasteiger partial charge in [-0.1, -0.05) is 30.3 Å². The number of nitrogens with one attached hydrogen (secondary N) is 1. The van der Waals surface area contributed by atoms with Crippen molar-refractivity contribution in [1.82, 2.24) is 5.32 Å². The molecule has 3 unspecified atom stereocenters. The number of carboxylic acid groups (broad SMARTS) is 1. The molecule has 1 aromatic heterocycles. The molecule has 0 spiro atoms. The summed E-state index contributed by atoms with van der Waals surface area (Å²) in [7, 11) is 0. The van der Waals surface area contributed by atoms with Gasteiger partial charge < -0.3 is 10.4 Å². The third-order valence-electron chi connectivity index (χ3n) is 3.78. The van der Waals surface area contributed by atoms with Crippen molar-refractivity contribution in [3.05, 3.63) is 58.3 Å². The maximum Gasteiger partial charge on any atom is 0.308 e. The van der Waals surface area contributed by atoms with Gasteiger partial charge >= 0.3 is 5.97 Å². The first kappa shape index (κ1) is 16.2. The summed E-state index contributed by atoms with van der Waals surface area (Å²) in [6.45, 7) is 3.43. The van der Waals surface area contributed by atoms with Crippen LogP contribution < -0.4 is 5.32 Å². The van der Waals surface area contributed by atoms with E-state index in [1.807, 2.05) is 54.1 Å². The molecule has 0 bridgehead atoms. The van der Waals surface area contributed by atoms with Crippen molar-refractivity contribution in [3.8, 4) is 0 Å². The largest absolute Gasteiger partial charge is 0.481 e. The summed E-state index contributed by atoms with van der Waals surface area (Å²) in [5, 5.41) is 16.0. The first-order valence-corrected chi connectivity index (χ1v) is 8.05. The Morgan fingerprint density at radius 3 is 2.32 bits per heavy atom. The molecule has 2 N–H and O–H groups in total. The Labute approximate surface area is 133 Å². The smallest absolute Gasteiger partial charge is 0.308 e. The second-order valence-corrected chi connectivity index (χ2v) is 6.08. The van der Waals surface area contributed by atoms with Gasteiger partial charge in [-0.15, -0.1) is 0 Å². The zero-order valence-electron chi connectivity index (χ0n) is 12.5. The van der Waals surface area contributed by atoms with Crippen LogP contribution in [0.15, 0.2) is 47.2 Å².